The third kappa shape index (κ3) is 5.98. The Morgan fingerprint density at radius 1 is 0.778 bits per heavy atom. The van der Waals surface area contributed by atoms with Crippen LogP contribution in [-0.4, -0.2) is 23.6 Å². The highest BCUT2D eigenvalue weighted by Crippen LogP contribution is 2.39. The van der Waals surface area contributed by atoms with E-state index >= 15 is 0 Å². The Morgan fingerprint density at radius 3 is 1.75 bits per heavy atom. The minimum Gasteiger partial charge on any atom is -0.365 e. The molecule has 2 heterocycles. The van der Waals surface area contributed by atoms with Crippen LogP contribution in [0.5, 0.6) is 0 Å². The van der Waals surface area contributed by atoms with Gasteiger partial charge in [0, 0.05) is 22.6 Å². The maximum Gasteiger partial charge on any atom is 0.251 e. The third-order valence-electron chi connectivity index (χ3n) is 6.98. The van der Waals surface area contributed by atoms with E-state index in [-0.39, 0.29) is 17.7 Å². The summed E-state index contributed by atoms with van der Waals surface area (Å²) in [5, 5.41) is 6.93. The summed E-state index contributed by atoms with van der Waals surface area (Å²) >= 11 is 2.93. The molecule has 194 valence electrons. The highest BCUT2D eigenvalue weighted by atomic mass is 32.1. The van der Waals surface area contributed by atoms with Crippen LogP contribution < -0.4 is 22.1 Å². The number of carbonyl (C=O) groups is 4. The van der Waals surface area contributed by atoms with Crippen LogP contribution in [0, 0.1) is 5.92 Å². The lowest BCUT2D eigenvalue weighted by Gasteiger charge is -2.12. The first-order valence-electron chi connectivity index (χ1n) is 12.7. The summed E-state index contributed by atoms with van der Waals surface area (Å²) in [5.41, 5.74) is 14.2. The molecule has 2 aliphatic rings. The van der Waals surface area contributed by atoms with Crippen molar-refractivity contribution in [2.45, 2.75) is 84.0 Å². The molecule has 2 aliphatic carbocycles. The third-order valence-corrected chi connectivity index (χ3v) is 9.39. The summed E-state index contributed by atoms with van der Waals surface area (Å²) in [5.74, 6) is -1.21. The Morgan fingerprint density at radius 2 is 1.25 bits per heavy atom. The highest BCUT2D eigenvalue weighted by Gasteiger charge is 2.26. The van der Waals surface area contributed by atoms with Gasteiger partial charge in [-0.15, -0.1) is 22.7 Å². The molecule has 8 nitrogen and oxygen atoms in total. The minimum absolute atomic E-state index is 0.0691. The van der Waals surface area contributed by atoms with Gasteiger partial charge in [-0.3, -0.25) is 19.2 Å². The first kappa shape index (κ1) is 26.3. The minimum atomic E-state index is -0.491. The van der Waals surface area contributed by atoms with Gasteiger partial charge in [-0.2, -0.15) is 0 Å². The molecule has 2 aromatic heterocycles. The van der Waals surface area contributed by atoms with E-state index in [1.54, 1.807) is 0 Å². The van der Waals surface area contributed by atoms with Gasteiger partial charge in [-0.25, -0.2) is 0 Å². The summed E-state index contributed by atoms with van der Waals surface area (Å²) in [6.07, 6.45) is 9.65. The zero-order valence-corrected chi connectivity index (χ0v) is 22.3. The second-order valence-corrected chi connectivity index (χ2v) is 12.1. The molecule has 4 rings (SSSR count). The molecule has 0 aliphatic heterocycles. The number of thiophene rings is 2. The molecule has 0 fully saturated rings. The first-order chi connectivity index (χ1) is 17.2. The van der Waals surface area contributed by atoms with Gasteiger partial charge >= 0.3 is 0 Å². The maximum absolute atomic E-state index is 12.7. The van der Waals surface area contributed by atoms with Crippen molar-refractivity contribution in [3.63, 3.8) is 0 Å². The van der Waals surface area contributed by atoms with E-state index in [4.69, 9.17) is 11.5 Å². The van der Waals surface area contributed by atoms with Crippen LogP contribution >= 0.6 is 22.7 Å². The monoisotopic (exact) mass is 530 g/mol. The smallest absolute Gasteiger partial charge is 0.251 e. The van der Waals surface area contributed by atoms with Crippen LogP contribution in [0.1, 0.15) is 99.9 Å². The molecule has 0 radical (unpaired) electrons. The van der Waals surface area contributed by atoms with Crippen molar-refractivity contribution in [2.75, 3.05) is 10.6 Å². The van der Waals surface area contributed by atoms with E-state index in [9.17, 15) is 19.2 Å². The van der Waals surface area contributed by atoms with E-state index < -0.39 is 11.8 Å². The van der Waals surface area contributed by atoms with Gasteiger partial charge in [0.25, 0.3) is 11.8 Å². The fraction of sp³-hybridized carbons (Fsp3) is 0.538. The number of anilines is 2. The number of hydrogen-bond donors (Lipinski definition) is 4. The van der Waals surface area contributed by atoms with Gasteiger partial charge in [0.1, 0.15) is 10.0 Å². The predicted octanol–water partition coefficient (Wildman–Crippen LogP) is 4.54. The van der Waals surface area contributed by atoms with Gasteiger partial charge in [0.05, 0.1) is 11.1 Å². The van der Waals surface area contributed by atoms with Crippen molar-refractivity contribution in [2.24, 2.45) is 17.4 Å². The van der Waals surface area contributed by atoms with E-state index in [1.807, 2.05) is 6.92 Å². The van der Waals surface area contributed by atoms with Crippen LogP contribution in [-0.2, 0) is 35.3 Å². The molecule has 0 saturated carbocycles. The number of rotatable bonds is 10. The molecule has 0 bridgehead atoms. The van der Waals surface area contributed by atoms with Crippen molar-refractivity contribution >= 4 is 56.3 Å². The zero-order chi connectivity index (χ0) is 25.8. The van der Waals surface area contributed by atoms with Gasteiger partial charge in [0.2, 0.25) is 11.8 Å². The molecule has 0 aromatic carbocycles. The molecular formula is C26H34N4O4S2. The summed E-state index contributed by atoms with van der Waals surface area (Å²) in [4.78, 5) is 51.6. The first-order valence-corrected chi connectivity index (χ1v) is 14.4. The van der Waals surface area contributed by atoms with E-state index in [1.165, 1.54) is 22.7 Å². The topological polar surface area (TPSA) is 144 Å². The number of fused-ring (bicyclic) bond motifs is 2. The van der Waals surface area contributed by atoms with Crippen LogP contribution in [0.3, 0.4) is 0 Å². The Bertz CT molecular complexity index is 1180. The van der Waals surface area contributed by atoms with Crippen molar-refractivity contribution in [3.05, 3.63) is 32.0 Å². The fourth-order valence-corrected chi connectivity index (χ4v) is 7.85. The number of carbonyl (C=O) groups excluding carboxylic acids is 4. The summed E-state index contributed by atoms with van der Waals surface area (Å²) in [7, 11) is 0. The number of hydrogen-bond acceptors (Lipinski definition) is 6. The number of nitrogens with one attached hydrogen (secondary N) is 2. The number of aryl methyl sites for hydroxylation is 2. The van der Waals surface area contributed by atoms with E-state index in [2.05, 4.69) is 10.6 Å². The lowest BCUT2D eigenvalue weighted by molar-refractivity contribution is -0.117. The van der Waals surface area contributed by atoms with Crippen molar-refractivity contribution < 1.29 is 19.2 Å². The standard InChI is InChI=1S/C26H34N4O4S2/c1-14(13-20(32)30-26-22(24(28)34)16-9-3-5-11-18(16)36-26)7-6-12-19(31)29-25-21(23(27)33)15-8-2-4-10-17(15)35-25/h14H,2-13H2,1H3,(H2,27,33)(H2,28,34)(H,29,31)(H,30,32). The lowest BCUT2D eigenvalue weighted by Crippen LogP contribution is -2.20. The molecule has 10 heteroatoms. The van der Waals surface area contributed by atoms with Crippen molar-refractivity contribution in [3.8, 4) is 0 Å². The van der Waals surface area contributed by atoms with E-state index in [0.29, 0.717) is 46.8 Å². The molecule has 6 N–H and O–H groups in total. The molecule has 1 unspecified atom stereocenters. The average molecular weight is 531 g/mol. The number of primary amides is 2. The average Bonchev–Trinajstić information content (AvgIpc) is 3.36. The molecular weight excluding hydrogens is 496 g/mol. The summed E-state index contributed by atoms with van der Waals surface area (Å²) in [6.45, 7) is 1.98. The Kier molecular flexibility index (Phi) is 8.46. The second kappa shape index (κ2) is 11.6. The molecule has 0 spiro atoms. The summed E-state index contributed by atoms with van der Waals surface area (Å²) in [6, 6.07) is 0. The van der Waals surface area contributed by atoms with Crippen LogP contribution in [0.15, 0.2) is 0 Å². The Labute approximate surface area is 219 Å². The molecule has 0 saturated heterocycles. The van der Waals surface area contributed by atoms with Crippen LogP contribution in [0.4, 0.5) is 10.0 Å². The molecule has 36 heavy (non-hydrogen) atoms. The van der Waals surface area contributed by atoms with Crippen molar-refractivity contribution in [1.82, 2.24) is 0 Å². The molecule has 1 atom stereocenters. The van der Waals surface area contributed by atoms with Crippen molar-refractivity contribution in [1.29, 1.82) is 0 Å². The quantitative estimate of drug-likeness (QED) is 0.357. The second-order valence-electron chi connectivity index (χ2n) is 9.86. The normalized spacial score (nSPS) is 15.5. The Balaban J connectivity index is 1.26. The van der Waals surface area contributed by atoms with Crippen LogP contribution in [0.2, 0.25) is 0 Å². The van der Waals surface area contributed by atoms with E-state index in [0.717, 1.165) is 72.2 Å². The molecule has 4 amide bonds. The zero-order valence-electron chi connectivity index (χ0n) is 20.7. The fourth-order valence-electron chi connectivity index (χ4n) is 5.23. The SMILES string of the molecule is CC(CCCC(=O)Nc1sc2c(c1C(N)=O)CCCC2)CC(=O)Nc1sc2c(c1C(N)=O)CCCC2. The predicted molar refractivity (Wildman–Crippen MR) is 144 cm³/mol. The number of amides is 4. The maximum atomic E-state index is 12.7. The summed E-state index contributed by atoms with van der Waals surface area (Å²) < 4.78 is 0. The van der Waals surface area contributed by atoms with Gasteiger partial charge in [-0.05, 0) is 81.3 Å². The molecule has 2 aromatic rings. The lowest BCUT2D eigenvalue weighted by atomic mass is 9.95. The largest absolute Gasteiger partial charge is 0.365 e. The van der Waals surface area contributed by atoms with Gasteiger partial charge < -0.3 is 22.1 Å². The number of nitrogens with two attached hydrogens (primary N) is 2. The van der Waals surface area contributed by atoms with Crippen LogP contribution in [0.25, 0.3) is 0 Å². The highest BCUT2D eigenvalue weighted by molar-refractivity contribution is 7.17. The van der Waals surface area contributed by atoms with Gasteiger partial charge in [0.15, 0.2) is 0 Å². The Hall–Kier alpha value is -2.72. The van der Waals surface area contributed by atoms with Gasteiger partial charge in [-0.1, -0.05) is 6.92 Å².